The van der Waals surface area contributed by atoms with E-state index in [1.165, 1.54) is 0 Å². The minimum absolute atomic E-state index is 0.369. The number of ether oxygens (including phenoxy) is 1. The van der Waals surface area contributed by atoms with Crippen LogP contribution in [0.1, 0.15) is 0 Å². The SMILES string of the molecule is COc1cc(Br)c2ccn(CCNC(=O)O)c2c1. The van der Waals surface area contributed by atoms with E-state index in [9.17, 15) is 4.79 Å². The first kappa shape index (κ1) is 12.8. The number of hydrogen-bond acceptors (Lipinski definition) is 2. The standard InChI is InChI=1S/C12H13BrN2O3/c1-18-8-6-10(13)9-2-4-15(11(9)7-8)5-3-14-12(16)17/h2,4,6-7,14H,3,5H2,1H3,(H,16,17). The predicted molar refractivity (Wildman–Crippen MR) is 72.2 cm³/mol. The van der Waals surface area contributed by atoms with Gasteiger partial charge in [-0.1, -0.05) is 0 Å². The van der Waals surface area contributed by atoms with Crippen LogP contribution in [0.25, 0.3) is 10.9 Å². The highest BCUT2D eigenvalue weighted by atomic mass is 79.9. The van der Waals surface area contributed by atoms with E-state index in [1.54, 1.807) is 7.11 Å². The van der Waals surface area contributed by atoms with Gasteiger partial charge in [0.25, 0.3) is 0 Å². The van der Waals surface area contributed by atoms with E-state index >= 15 is 0 Å². The summed E-state index contributed by atoms with van der Waals surface area (Å²) >= 11 is 3.49. The molecule has 0 atom stereocenters. The summed E-state index contributed by atoms with van der Waals surface area (Å²) in [5.41, 5.74) is 1.01. The molecule has 96 valence electrons. The van der Waals surface area contributed by atoms with Gasteiger partial charge in [-0.3, -0.25) is 0 Å². The molecule has 2 aromatic rings. The molecule has 1 aromatic carbocycles. The van der Waals surface area contributed by atoms with E-state index < -0.39 is 6.09 Å². The number of nitrogens with one attached hydrogen (secondary N) is 1. The summed E-state index contributed by atoms with van der Waals surface area (Å²) in [5, 5.41) is 12.0. The van der Waals surface area contributed by atoms with Crippen molar-refractivity contribution in [2.24, 2.45) is 0 Å². The van der Waals surface area contributed by atoms with Crippen LogP contribution >= 0.6 is 15.9 Å². The molecule has 1 aromatic heterocycles. The average molecular weight is 313 g/mol. The molecular formula is C12H13BrN2O3. The minimum atomic E-state index is -1.01. The molecule has 0 aliphatic rings. The smallest absolute Gasteiger partial charge is 0.404 e. The number of hydrogen-bond donors (Lipinski definition) is 2. The average Bonchev–Trinajstić information content (AvgIpc) is 2.72. The van der Waals surface area contributed by atoms with Crippen molar-refractivity contribution in [2.75, 3.05) is 13.7 Å². The molecule has 5 nitrogen and oxygen atoms in total. The van der Waals surface area contributed by atoms with Crippen LogP contribution in [0.5, 0.6) is 5.75 Å². The summed E-state index contributed by atoms with van der Waals surface area (Å²) in [4.78, 5) is 10.4. The number of amides is 1. The highest BCUT2D eigenvalue weighted by Crippen LogP contribution is 2.30. The molecule has 18 heavy (non-hydrogen) atoms. The van der Waals surface area contributed by atoms with Crippen LogP contribution < -0.4 is 10.1 Å². The van der Waals surface area contributed by atoms with Gasteiger partial charge < -0.3 is 19.7 Å². The van der Waals surface area contributed by atoms with Crippen molar-refractivity contribution in [1.29, 1.82) is 0 Å². The molecule has 2 rings (SSSR count). The van der Waals surface area contributed by atoms with Gasteiger partial charge in [-0.05, 0) is 28.1 Å². The van der Waals surface area contributed by atoms with Crippen LogP contribution in [-0.2, 0) is 6.54 Å². The van der Waals surface area contributed by atoms with Crippen LogP contribution in [0.3, 0.4) is 0 Å². The lowest BCUT2D eigenvalue weighted by atomic mass is 10.2. The van der Waals surface area contributed by atoms with Gasteiger partial charge in [0, 0.05) is 35.2 Å². The Morgan fingerprint density at radius 3 is 3.00 bits per heavy atom. The first-order chi connectivity index (χ1) is 8.61. The second-order valence-electron chi connectivity index (χ2n) is 3.78. The van der Waals surface area contributed by atoms with Crippen molar-refractivity contribution in [2.45, 2.75) is 6.54 Å². The van der Waals surface area contributed by atoms with E-state index in [0.29, 0.717) is 13.1 Å². The van der Waals surface area contributed by atoms with Gasteiger partial charge in [0.2, 0.25) is 0 Å². The Hall–Kier alpha value is -1.69. The van der Waals surface area contributed by atoms with E-state index in [1.807, 2.05) is 29.0 Å². The third-order valence-electron chi connectivity index (χ3n) is 2.68. The Kier molecular flexibility index (Phi) is 3.76. The maximum Gasteiger partial charge on any atom is 0.404 e. The molecule has 0 aliphatic heterocycles. The number of nitrogens with zero attached hydrogens (tertiary/aromatic N) is 1. The molecular weight excluding hydrogens is 300 g/mol. The number of benzene rings is 1. The Bertz CT molecular complexity index is 580. The van der Waals surface area contributed by atoms with Crippen molar-refractivity contribution >= 4 is 32.9 Å². The maximum atomic E-state index is 10.4. The molecule has 1 heterocycles. The van der Waals surface area contributed by atoms with Crippen LogP contribution in [0, 0.1) is 0 Å². The van der Waals surface area contributed by atoms with Crippen LogP contribution in [-0.4, -0.2) is 29.4 Å². The third kappa shape index (κ3) is 2.59. The van der Waals surface area contributed by atoms with Gasteiger partial charge in [-0.2, -0.15) is 0 Å². The molecule has 0 fully saturated rings. The van der Waals surface area contributed by atoms with Gasteiger partial charge in [0.1, 0.15) is 5.75 Å². The van der Waals surface area contributed by atoms with E-state index in [0.717, 1.165) is 21.1 Å². The number of halogens is 1. The number of carbonyl (C=O) groups is 1. The topological polar surface area (TPSA) is 63.5 Å². The van der Waals surface area contributed by atoms with Crippen molar-refractivity contribution in [1.82, 2.24) is 9.88 Å². The molecule has 6 heteroatoms. The molecule has 1 amide bonds. The van der Waals surface area contributed by atoms with Crippen molar-refractivity contribution in [3.05, 3.63) is 28.9 Å². The zero-order chi connectivity index (χ0) is 13.1. The zero-order valence-corrected chi connectivity index (χ0v) is 11.4. The Morgan fingerprint density at radius 1 is 1.56 bits per heavy atom. The molecule has 0 saturated carbocycles. The normalized spacial score (nSPS) is 10.6. The first-order valence-corrected chi connectivity index (χ1v) is 6.20. The zero-order valence-electron chi connectivity index (χ0n) is 9.81. The third-order valence-corrected chi connectivity index (χ3v) is 3.33. The highest BCUT2D eigenvalue weighted by Gasteiger charge is 2.07. The maximum absolute atomic E-state index is 10.4. The number of fused-ring (bicyclic) bond motifs is 1. The van der Waals surface area contributed by atoms with Crippen molar-refractivity contribution in [3.8, 4) is 5.75 Å². The highest BCUT2D eigenvalue weighted by molar-refractivity contribution is 9.10. The molecule has 2 N–H and O–H groups in total. The largest absolute Gasteiger partial charge is 0.497 e. The minimum Gasteiger partial charge on any atom is -0.497 e. The summed E-state index contributed by atoms with van der Waals surface area (Å²) in [7, 11) is 1.62. The summed E-state index contributed by atoms with van der Waals surface area (Å²) in [5.74, 6) is 0.764. The first-order valence-electron chi connectivity index (χ1n) is 5.41. The Labute approximate surface area is 112 Å². The van der Waals surface area contributed by atoms with Crippen LogP contribution in [0.15, 0.2) is 28.9 Å². The van der Waals surface area contributed by atoms with Gasteiger partial charge in [-0.25, -0.2) is 4.79 Å². The van der Waals surface area contributed by atoms with E-state index in [2.05, 4.69) is 21.2 Å². The van der Waals surface area contributed by atoms with Crippen LogP contribution in [0.4, 0.5) is 4.79 Å². The summed E-state index contributed by atoms with van der Waals surface area (Å²) in [6.07, 6.45) is 0.920. The molecule has 0 spiro atoms. The summed E-state index contributed by atoms with van der Waals surface area (Å²) < 4.78 is 8.16. The second kappa shape index (κ2) is 5.30. The fraction of sp³-hybridized carbons (Fsp3) is 0.250. The fourth-order valence-electron chi connectivity index (χ4n) is 1.82. The van der Waals surface area contributed by atoms with Crippen LogP contribution in [0.2, 0.25) is 0 Å². The Balaban J connectivity index is 2.28. The number of methoxy groups -OCH3 is 1. The second-order valence-corrected chi connectivity index (χ2v) is 4.64. The number of carboxylic acid groups (broad SMARTS) is 1. The van der Waals surface area contributed by atoms with Gasteiger partial charge in [0.15, 0.2) is 0 Å². The molecule has 0 saturated heterocycles. The molecule has 0 bridgehead atoms. The monoisotopic (exact) mass is 312 g/mol. The quantitative estimate of drug-likeness (QED) is 0.912. The van der Waals surface area contributed by atoms with Crippen molar-refractivity contribution < 1.29 is 14.6 Å². The molecule has 0 radical (unpaired) electrons. The predicted octanol–water partition coefficient (Wildman–Crippen LogP) is 2.68. The lowest BCUT2D eigenvalue weighted by molar-refractivity contribution is 0.194. The number of rotatable bonds is 4. The fourth-order valence-corrected chi connectivity index (χ4v) is 2.38. The summed E-state index contributed by atoms with van der Waals surface area (Å²) in [6.45, 7) is 0.948. The summed E-state index contributed by atoms with van der Waals surface area (Å²) in [6, 6.07) is 5.82. The van der Waals surface area contributed by atoms with Crippen molar-refractivity contribution in [3.63, 3.8) is 0 Å². The lowest BCUT2D eigenvalue weighted by Crippen LogP contribution is -2.24. The Morgan fingerprint density at radius 2 is 2.33 bits per heavy atom. The number of aromatic nitrogens is 1. The van der Waals surface area contributed by atoms with E-state index in [4.69, 9.17) is 9.84 Å². The van der Waals surface area contributed by atoms with Gasteiger partial charge >= 0.3 is 6.09 Å². The molecule has 0 unspecified atom stereocenters. The van der Waals surface area contributed by atoms with Gasteiger partial charge in [-0.15, -0.1) is 0 Å². The molecule has 0 aliphatic carbocycles. The van der Waals surface area contributed by atoms with E-state index in [-0.39, 0.29) is 0 Å². The van der Waals surface area contributed by atoms with Gasteiger partial charge in [0.05, 0.1) is 12.6 Å². The lowest BCUT2D eigenvalue weighted by Gasteiger charge is -2.07.